The van der Waals surface area contributed by atoms with Gasteiger partial charge < -0.3 is 66.8 Å². The van der Waals surface area contributed by atoms with E-state index in [1.165, 1.54) is 13.8 Å². The average Bonchev–Trinajstić information content (AvgIpc) is 1.45. The number of aromatic nitrogens is 10. The van der Waals surface area contributed by atoms with Crippen molar-refractivity contribution in [3.8, 4) is 55.9 Å². The van der Waals surface area contributed by atoms with E-state index in [2.05, 4.69) is 67.0 Å². The number of aromatic amines is 2. The number of H-pyrrole nitrogens is 2. The molecule has 4 aliphatic heterocycles. The molecule has 0 amide bonds. The smallest absolute Gasteiger partial charge is 0.303 e. The van der Waals surface area contributed by atoms with Gasteiger partial charge in [-0.15, -0.1) is 10.2 Å². The Labute approximate surface area is 615 Å². The molecule has 4 aromatic carbocycles. The zero-order valence-electron chi connectivity index (χ0n) is 59.5. The fourth-order valence-electron chi connectivity index (χ4n) is 13.2. The number of rotatable bonds is 22. The van der Waals surface area contributed by atoms with Gasteiger partial charge in [0, 0.05) is 99.7 Å². The third-order valence-corrected chi connectivity index (χ3v) is 17.5. The van der Waals surface area contributed by atoms with Gasteiger partial charge in [-0.2, -0.15) is 0 Å². The third-order valence-electron chi connectivity index (χ3n) is 17.5. The van der Waals surface area contributed by atoms with Gasteiger partial charge in [0.1, 0.15) is 36.8 Å². The van der Waals surface area contributed by atoms with Crippen molar-refractivity contribution in [1.82, 2.24) is 49.9 Å². The second kappa shape index (κ2) is 32.4. The molecular formula is C78H72N10O20. The van der Waals surface area contributed by atoms with Gasteiger partial charge in [0.05, 0.1) is 59.8 Å². The second-order valence-electron chi connectivity index (χ2n) is 25.4. The highest BCUT2D eigenvalue weighted by molar-refractivity contribution is 6.00. The van der Waals surface area contributed by atoms with E-state index in [0.29, 0.717) is 56.6 Å². The molecule has 554 valence electrons. The van der Waals surface area contributed by atoms with E-state index in [9.17, 15) is 38.4 Å². The maximum absolute atomic E-state index is 12.5. The van der Waals surface area contributed by atoms with Crippen molar-refractivity contribution in [2.45, 2.75) is 130 Å². The quantitative estimate of drug-likeness (QED) is 0.0470. The van der Waals surface area contributed by atoms with Gasteiger partial charge in [0.25, 0.3) is 0 Å². The molecule has 2 fully saturated rings. The lowest BCUT2D eigenvalue weighted by Crippen LogP contribution is -2.62. The van der Waals surface area contributed by atoms with Gasteiger partial charge in [-0.1, -0.05) is 95.4 Å². The molecule has 13 rings (SSSR count). The van der Waals surface area contributed by atoms with Crippen LogP contribution in [0, 0.1) is 0 Å². The third kappa shape index (κ3) is 16.9. The Morgan fingerprint density at radius 1 is 0.361 bits per heavy atom. The van der Waals surface area contributed by atoms with E-state index in [1.54, 1.807) is 21.8 Å². The predicted molar refractivity (Wildman–Crippen MR) is 384 cm³/mol. The summed E-state index contributed by atoms with van der Waals surface area (Å²) in [5.41, 5.74) is 14.2. The van der Waals surface area contributed by atoms with Crippen LogP contribution >= 0.6 is 0 Å². The Balaban J connectivity index is 0.860. The SMILES string of the molecule is CC(=O)OC[C@H]1O[C@@H](OCc2cn(-c3ccc(-c4c5nc(c(-c6ccccc6)c6ccc([nH]6)c(-c6ccccc6)c6nc(c(-c7ccc(-n8cc(CO[C@@H]9O[C@H](COC(C)=O)[C@@H](OC(C)=O)[C@H](OC(C)=O)[C@H]9OC(C)=O)nn8)cc7)c7ccc4[nH]7)C=C6)C=C5)cc3)nn2)[C@H](OC(C)=O)[C@@H](OC(C)=O)[C@@H]1OC(C)=O. The minimum absolute atomic E-state index is 0.276. The molecule has 8 bridgehead atoms. The van der Waals surface area contributed by atoms with Gasteiger partial charge >= 0.3 is 47.8 Å². The van der Waals surface area contributed by atoms with Crippen LogP contribution in [-0.4, -0.2) is 172 Å². The number of hydrogen-bond donors (Lipinski definition) is 2. The van der Waals surface area contributed by atoms with E-state index < -0.39 is 122 Å². The highest BCUT2D eigenvalue weighted by Gasteiger charge is 2.54. The van der Waals surface area contributed by atoms with Crippen LogP contribution < -0.4 is 0 Å². The van der Waals surface area contributed by atoms with E-state index >= 15 is 0 Å². The Morgan fingerprint density at radius 3 is 0.963 bits per heavy atom. The molecule has 0 spiro atoms. The van der Waals surface area contributed by atoms with Crippen molar-refractivity contribution in [2.24, 2.45) is 0 Å². The zero-order valence-corrected chi connectivity index (χ0v) is 59.5. The number of ether oxygens (including phenoxy) is 12. The molecule has 108 heavy (non-hydrogen) atoms. The van der Waals surface area contributed by atoms with Crippen molar-refractivity contribution < 1.29 is 95.2 Å². The topological polar surface area (TPSA) is 366 Å². The van der Waals surface area contributed by atoms with Gasteiger partial charge in [-0.05, 0) is 95.1 Å². The first-order valence-electron chi connectivity index (χ1n) is 34.2. The molecule has 9 heterocycles. The molecule has 0 radical (unpaired) electrons. The highest BCUT2D eigenvalue weighted by Crippen LogP contribution is 2.40. The fourth-order valence-corrected chi connectivity index (χ4v) is 13.2. The van der Waals surface area contributed by atoms with Crippen LogP contribution in [0.2, 0.25) is 0 Å². The zero-order chi connectivity index (χ0) is 75.9. The van der Waals surface area contributed by atoms with Crippen LogP contribution in [-0.2, 0) is 108 Å². The van der Waals surface area contributed by atoms with Gasteiger partial charge in [0.15, 0.2) is 49.2 Å². The minimum atomic E-state index is -1.45. The van der Waals surface area contributed by atoms with Crippen molar-refractivity contribution >= 4 is 94.1 Å². The van der Waals surface area contributed by atoms with E-state index in [-0.39, 0.29) is 13.2 Å². The van der Waals surface area contributed by atoms with Crippen LogP contribution in [0.5, 0.6) is 0 Å². The van der Waals surface area contributed by atoms with Crippen molar-refractivity contribution in [3.05, 3.63) is 180 Å². The molecule has 9 aromatic rings. The van der Waals surface area contributed by atoms with Crippen molar-refractivity contribution in [3.63, 3.8) is 0 Å². The standard InChI is InChI=1S/C78H72N10O20/c1-41(89)97-39-65-71(101-43(3)91)73(103-45(5)93)75(105-47(7)95)77(107-65)99-37-53-35-87(85-83-53)55-23-19-51(20-24-55)69-61-31-29-59(80-61)67(49-15-11-9-12-16-49)57-27-28-58(79-57)68(50-17-13-10-14-18-50)60-30-32-62(81-60)70(64-34-33-63(69)82-64)52-21-25-56(26-22-52)88-36-54(84-86-88)38-100-78-76(106-48(8)96)74(104-46(6)94)72(102-44(4)92)66(108-78)40-98-42(2)90/h9-36,65-66,71-79,82H,37-40H2,1-8H3/t65-,66-,71-,72-,73+,74+,75-,76-,77-,78-/m1/s1. The van der Waals surface area contributed by atoms with Gasteiger partial charge in [-0.25, -0.2) is 19.3 Å². The molecule has 2 saturated heterocycles. The minimum Gasteiger partial charge on any atom is -0.463 e. The molecular weight excluding hydrogens is 1400 g/mol. The highest BCUT2D eigenvalue weighted by atomic mass is 16.7. The molecule has 5 aromatic heterocycles. The number of hydrogen-bond acceptors (Lipinski definition) is 26. The number of nitrogens with zero attached hydrogens (tertiary/aromatic N) is 8. The first-order chi connectivity index (χ1) is 52.1. The molecule has 0 saturated carbocycles. The molecule has 30 nitrogen and oxygen atoms in total. The summed E-state index contributed by atoms with van der Waals surface area (Å²) in [7, 11) is 0. The summed E-state index contributed by atoms with van der Waals surface area (Å²) in [6, 6.07) is 43.5. The molecule has 0 unspecified atom stereocenters. The largest absolute Gasteiger partial charge is 0.463 e. The Kier molecular flexibility index (Phi) is 22.1. The lowest BCUT2D eigenvalue weighted by Gasteiger charge is -2.43. The summed E-state index contributed by atoms with van der Waals surface area (Å²) in [6.07, 6.45) is -2.63. The van der Waals surface area contributed by atoms with Crippen LogP contribution in [0.15, 0.2) is 146 Å². The van der Waals surface area contributed by atoms with Crippen molar-refractivity contribution in [1.29, 1.82) is 0 Å². The summed E-state index contributed by atoms with van der Waals surface area (Å²) < 4.78 is 71.6. The summed E-state index contributed by atoms with van der Waals surface area (Å²) in [6.45, 7) is 7.73. The monoisotopic (exact) mass is 1470 g/mol. The lowest BCUT2D eigenvalue weighted by molar-refractivity contribution is -0.310. The van der Waals surface area contributed by atoms with E-state index in [1.807, 2.05) is 121 Å². The van der Waals surface area contributed by atoms with Crippen LogP contribution in [0.3, 0.4) is 0 Å². The van der Waals surface area contributed by atoms with E-state index in [4.69, 9.17) is 66.8 Å². The maximum Gasteiger partial charge on any atom is 0.303 e. The van der Waals surface area contributed by atoms with Gasteiger partial charge in [-0.3, -0.25) is 38.4 Å². The van der Waals surface area contributed by atoms with Crippen LogP contribution in [0.4, 0.5) is 0 Å². The van der Waals surface area contributed by atoms with Gasteiger partial charge in [0.2, 0.25) is 0 Å². The summed E-state index contributed by atoms with van der Waals surface area (Å²) >= 11 is 0. The number of benzene rings is 4. The molecule has 2 N–H and O–H groups in total. The average molecular weight is 1470 g/mol. The first-order valence-corrected chi connectivity index (χ1v) is 34.2. The molecule has 10 atom stereocenters. The normalized spacial score (nSPS) is 20.0. The summed E-state index contributed by atoms with van der Waals surface area (Å²) in [4.78, 5) is 117. The fraction of sp³-hybridized carbons (Fsp3) is 0.282. The molecule has 30 heteroatoms. The first kappa shape index (κ1) is 73.7. The number of carbonyl (C=O) groups is 8. The Morgan fingerprint density at radius 2 is 0.657 bits per heavy atom. The Hall–Kier alpha value is -12.6. The molecule has 4 aliphatic rings. The van der Waals surface area contributed by atoms with Crippen LogP contribution in [0.1, 0.15) is 89.6 Å². The number of nitrogens with one attached hydrogen (secondary N) is 2. The second-order valence-corrected chi connectivity index (χ2v) is 25.4. The Bertz CT molecular complexity index is 4840. The molecule has 0 aliphatic carbocycles. The van der Waals surface area contributed by atoms with Crippen molar-refractivity contribution in [2.75, 3.05) is 13.2 Å². The van der Waals surface area contributed by atoms with Crippen LogP contribution in [0.25, 0.3) is 102 Å². The number of fused-ring (bicyclic) bond motifs is 8. The maximum atomic E-state index is 12.5. The summed E-state index contributed by atoms with van der Waals surface area (Å²) in [5.74, 6) is -6.02. The van der Waals surface area contributed by atoms with E-state index in [0.717, 1.165) is 97.1 Å². The number of carbonyl (C=O) groups excluding carboxylic acids is 8. The number of esters is 8. The summed E-state index contributed by atoms with van der Waals surface area (Å²) in [5, 5.41) is 17.5. The lowest BCUT2D eigenvalue weighted by atomic mass is 9.98. The predicted octanol–water partition coefficient (Wildman–Crippen LogP) is 9.68.